The number of H-pyrrole nitrogens is 2. The van der Waals surface area contributed by atoms with Crippen molar-refractivity contribution in [1.82, 2.24) is 39.5 Å². The zero-order chi connectivity index (χ0) is 50.1. The first-order valence-corrected chi connectivity index (χ1v) is 27.9. The molecule has 4 unspecified atom stereocenters. The summed E-state index contributed by atoms with van der Waals surface area (Å²) in [4.78, 5) is 34.8. The van der Waals surface area contributed by atoms with Crippen LogP contribution in [-0.4, -0.2) is 177 Å². The Morgan fingerprint density at radius 2 is 1.03 bits per heavy atom. The van der Waals surface area contributed by atoms with Crippen LogP contribution in [0.4, 0.5) is 26.3 Å². The summed E-state index contributed by atoms with van der Waals surface area (Å²) < 4.78 is 120. The number of benzene rings is 1. The van der Waals surface area contributed by atoms with E-state index in [9.17, 15) is 36.2 Å². The summed E-state index contributed by atoms with van der Waals surface area (Å²) in [6.07, 6.45) is 8.70. The Bertz CT molecular complexity index is 2230. The number of nitrogens with one attached hydrogen (secondary N) is 2. The van der Waals surface area contributed by atoms with Gasteiger partial charge in [0, 0.05) is 30.9 Å². The summed E-state index contributed by atoms with van der Waals surface area (Å²) in [6, 6.07) is 9.22. The number of thioether (sulfide) groups is 1. The Kier molecular flexibility index (Phi) is 20.0. The van der Waals surface area contributed by atoms with Crippen molar-refractivity contribution >= 4 is 59.0 Å². The van der Waals surface area contributed by atoms with E-state index in [0.717, 1.165) is 11.3 Å². The molecule has 18 nitrogen and oxygen atoms in total. The van der Waals surface area contributed by atoms with Crippen LogP contribution in [0.2, 0.25) is 0 Å². The number of halogens is 6. The summed E-state index contributed by atoms with van der Waals surface area (Å²) in [5, 5.41) is 11.6. The number of nitrogens with zero attached hydrogens (tertiary/aromatic N) is 8. The molecule has 6 radical (unpaired) electrons. The predicted molar refractivity (Wildman–Crippen MR) is 238 cm³/mol. The standard InChI is InChI=1S/C12H10N4O2S.C10H15.2C7H15N3P.2CHF3O3S.Ru/c17-10-8-9(14-11(18)16-10)15-12(13-8)19-6-7-4-2-1-3-5-7;1-6-7(2)9(4)10(5)8(6)3;2*1-10-3-8-2-9(4-10)6-11(5-8)7-10;2*2-1(3,4)8(5,6)7;/h1-5H,6H2,(H3,13,14,15,16,17,18);1-5H3;2*2-7H2,1H3;2*(H,5,6,7);/q;;2*+1;;;+1/p-3. The summed E-state index contributed by atoms with van der Waals surface area (Å²) in [7, 11) is -6.63. The van der Waals surface area contributed by atoms with Crippen LogP contribution in [0.5, 0.6) is 6.01 Å². The summed E-state index contributed by atoms with van der Waals surface area (Å²) in [6.45, 7) is 18.8. The van der Waals surface area contributed by atoms with Gasteiger partial charge in [0.05, 0.1) is 33.4 Å². The van der Waals surface area contributed by atoms with Crippen molar-refractivity contribution in [1.29, 1.82) is 0 Å². The number of aromatic amines is 2. The van der Waals surface area contributed by atoms with Gasteiger partial charge in [-0.3, -0.25) is 13.8 Å². The number of hydrogen-bond acceptors (Lipinski definition) is 15. The van der Waals surface area contributed by atoms with E-state index >= 15 is 0 Å². The van der Waals surface area contributed by atoms with E-state index in [-0.39, 0.29) is 30.6 Å². The van der Waals surface area contributed by atoms with E-state index in [4.69, 9.17) is 25.9 Å². The quantitative estimate of drug-likeness (QED) is 0.0690. The van der Waals surface area contributed by atoms with Crippen LogP contribution in [-0.2, 0) is 45.5 Å². The van der Waals surface area contributed by atoms with Crippen molar-refractivity contribution in [2.24, 2.45) is 0 Å². The van der Waals surface area contributed by atoms with Gasteiger partial charge in [-0.05, 0) is 51.0 Å². The minimum Gasteiger partial charge on any atom is -0.846 e. The van der Waals surface area contributed by atoms with Gasteiger partial charge in [0.15, 0.2) is 36.6 Å². The Hall–Kier alpha value is -1.64. The molecule has 0 spiro atoms. The third-order valence-corrected chi connectivity index (χ3v) is 19.0. The molecule has 382 valence electrons. The SMILES string of the molecule is C[C]1[C](C)[C](C)[C](C)[C]1C.C[N+]12CN3CN(CP(C3)C1)C2.C[N+]12CN3CN(CP(C3)C1)C2.O=S(=O)([O-])C(F)(F)F.O=S(=O)([O-])C(F)(F)F.O=c1[nH]c([O-])nc2nc(SCc3ccccc3)[nH]c12.[Ru+]. The molecule has 10 heterocycles. The number of hydrogen-bond donors (Lipinski definition) is 2. The Labute approximate surface area is 412 Å². The largest absolute Gasteiger partial charge is 1.00 e. The van der Waals surface area contributed by atoms with Crippen molar-refractivity contribution < 1.29 is 85.8 Å². The zero-order valence-electron chi connectivity index (χ0n) is 38.2. The number of aromatic nitrogens is 4. The van der Waals surface area contributed by atoms with Gasteiger partial charge in [-0.15, -0.1) is 0 Å². The van der Waals surface area contributed by atoms with Crippen molar-refractivity contribution in [3.63, 3.8) is 0 Å². The predicted octanol–water partition coefficient (Wildman–Crippen LogP) is 4.69. The fourth-order valence-electron chi connectivity index (χ4n) is 8.73. The average molecular weight is 1150 g/mol. The van der Waals surface area contributed by atoms with Crippen molar-refractivity contribution in [2.75, 3.05) is 91.8 Å². The topological polar surface area (TPSA) is 225 Å². The monoisotopic (exact) mass is 1150 g/mol. The third kappa shape index (κ3) is 15.9. The molecule has 1 aliphatic carbocycles. The van der Waals surface area contributed by atoms with E-state index in [2.05, 4.69) is 88.2 Å². The molecule has 2 N–H and O–H groups in total. The summed E-state index contributed by atoms with van der Waals surface area (Å²) in [5.74, 6) is 8.06. The number of imidazole rings is 1. The molecule has 8 saturated heterocycles. The number of fused-ring (bicyclic) bond motifs is 1. The molecule has 9 aliphatic rings. The molecule has 1 saturated carbocycles. The maximum Gasteiger partial charge on any atom is 1.00 e. The zero-order valence-corrected chi connectivity index (χ0v) is 44.1. The van der Waals surface area contributed by atoms with E-state index in [1.54, 1.807) is 0 Å². The van der Waals surface area contributed by atoms with Gasteiger partial charge in [-0.1, -0.05) is 76.7 Å². The molecule has 4 atom stereocenters. The van der Waals surface area contributed by atoms with Gasteiger partial charge in [0.2, 0.25) is 0 Å². The third-order valence-electron chi connectivity index (χ3n) is 11.6. The molecule has 68 heavy (non-hydrogen) atoms. The molecule has 1 aromatic carbocycles. The second kappa shape index (κ2) is 23.1. The van der Waals surface area contributed by atoms with Gasteiger partial charge < -0.3 is 24.2 Å². The number of rotatable bonds is 3. The first kappa shape index (κ1) is 58.9. The van der Waals surface area contributed by atoms with Gasteiger partial charge in [0.25, 0.3) is 5.56 Å². The molecular formula is C38H54F6N10O8P2RuS3. The van der Waals surface area contributed by atoms with Crippen LogP contribution in [0, 0.1) is 29.6 Å². The van der Waals surface area contributed by atoms with Crippen LogP contribution in [0.15, 0.2) is 40.3 Å². The summed E-state index contributed by atoms with van der Waals surface area (Å²) in [5.41, 5.74) is -10.2. The molecule has 30 heteroatoms. The molecular weight excluding hydrogens is 1100 g/mol. The maximum absolute atomic E-state index is 11.5. The first-order chi connectivity index (χ1) is 30.7. The first-order valence-electron chi connectivity index (χ1n) is 20.3. The van der Waals surface area contributed by atoms with Gasteiger partial charge >= 0.3 is 30.5 Å². The van der Waals surface area contributed by atoms with Gasteiger partial charge in [-0.25, -0.2) is 46.4 Å². The van der Waals surface area contributed by atoms with E-state index < -0.39 is 42.8 Å². The number of alkyl halides is 6. The van der Waals surface area contributed by atoms with Gasteiger partial charge in [-0.2, -0.15) is 26.3 Å². The van der Waals surface area contributed by atoms with Crippen LogP contribution in [0.3, 0.4) is 0 Å². The maximum atomic E-state index is 11.5. The molecule has 8 aliphatic heterocycles. The normalized spacial score (nSPS) is 30.0. The van der Waals surface area contributed by atoms with Crippen LogP contribution in [0.25, 0.3) is 11.2 Å². The Morgan fingerprint density at radius 1 is 0.676 bits per heavy atom. The fourth-order valence-corrected chi connectivity index (χ4v) is 15.4. The Morgan fingerprint density at radius 3 is 1.34 bits per heavy atom. The van der Waals surface area contributed by atoms with E-state index in [1.165, 1.54) is 128 Å². The molecule has 12 rings (SSSR count). The second-order valence-corrected chi connectivity index (χ2v) is 25.9. The number of quaternary nitrogens is 2. The molecule has 0 amide bonds. The summed E-state index contributed by atoms with van der Waals surface area (Å²) >= 11 is 1.45. The molecule has 2 aromatic heterocycles. The van der Waals surface area contributed by atoms with Crippen LogP contribution >= 0.6 is 27.6 Å². The Balaban J connectivity index is 0.000000183. The van der Waals surface area contributed by atoms with Crippen molar-refractivity contribution in [3.05, 3.63) is 75.8 Å². The van der Waals surface area contributed by atoms with Crippen LogP contribution < -0.4 is 10.7 Å². The average Bonchev–Trinajstić information content (AvgIpc) is 3.66. The van der Waals surface area contributed by atoms with E-state index in [0.29, 0.717) is 21.0 Å². The van der Waals surface area contributed by atoms with Crippen molar-refractivity contribution in [2.45, 2.75) is 56.5 Å². The van der Waals surface area contributed by atoms with Crippen LogP contribution in [0.1, 0.15) is 40.2 Å². The van der Waals surface area contributed by atoms with Crippen molar-refractivity contribution in [3.8, 4) is 6.01 Å². The fraction of sp³-hybridized carbons (Fsp3) is 0.579. The minimum atomic E-state index is -6.09. The molecule has 9 fully saturated rings. The molecule has 8 bridgehead atoms. The van der Waals surface area contributed by atoms with Gasteiger partial charge in [0.1, 0.15) is 39.2 Å². The van der Waals surface area contributed by atoms with E-state index in [1.807, 2.05) is 30.3 Å². The second-order valence-electron chi connectivity index (χ2n) is 17.8. The smallest absolute Gasteiger partial charge is 0.846 e. The minimum absolute atomic E-state index is 0. The molecule has 3 aromatic rings.